The molecular formula is C20H28N4O2. The lowest BCUT2D eigenvalue weighted by Gasteiger charge is -2.32. The van der Waals surface area contributed by atoms with Crippen LogP contribution in [0.4, 0.5) is 0 Å². The Balaban J connectivity index is 1.88. The molecule has 1 fully saturated rings. The second-order valence-corrected chi connectivity index (χ2v) is 7.21. The first-order chi connectivity index (χ1) is 12.6. The molecule has 26 heavy (non-hydrogen) atoms. The molecule has 3 rings (SSSR count). The summed E-state index contributed by atoms with van der Waals surface area (Å²) in [7, 11) is 1.94. The van der Waals surface area contributed by atoms with Gasteiger partial charge in [0.05, 0.1) is 18.5 Å². The van der Waals surface area contributed by atoms with Gasteiger partial charge in [-0.15, -0.1) is 0 Å². The van der Waals surface area contributed by atoms with E-state index in [1.54, 1.807) is 4.68 Å². The van der Waals surface area contributed by atoms with Gasteiger partial charge >= 0.3 is 0 Å². The highest BCUT2D eigenvalue weighted by molar-refractivity contribution is 5.95. The Bertz CT molecular complexity index is 727. The van der Waals surface area contributed by atoms with Crippen molar-refractivity contribution in [1.29, 1.82) is 0 Å². The largest absolute Gasteiger partial charge is 0.489 e. The number of aromatic nitrogens is 2. The number of hydrogen-bond donors (Lipinski definition) is 1. The number of likely N-dealkylation sites (tertiary alicyclic amines) is 1. The summed E-state index contributed by atoms with van der Waals surface area (Å²) in [6.45, 7) is 6.20. The maximum Gasteiger partial charge on any atom is 0.278 e. The van der Waals surface area contributed by atoms with Crippen molar-refractivity contribution in [3.63, 3.8) is 0 Å². The van der Waals surface area contributed by atoms with Crippen molar-refractivity contribution in [2.75, 3.05) is 26.7 Å². The molecular weight excluding hydrogens is 328 g/mol. The molecule has 1 unspecified atom stereocenters. The minimum atomic E-state index is -0.0570. The van der Waals surface area contributed by atoms with Crippen molar-refractivity contribution in [2.45, 2.75) is 32.7 Å². The first-order valence-electron chi connectivity index (χ1n) is 9.33. The summed E-state index contributed by atoms with van der Waals surface area (Å²) in [4.78, 5) is 15.0. The highest BCUT2D eigenvalue weighted by atomic mass is 16.5. The minimum absolute atomic E-state index is 0.0570. The molecule has 140 valence electrons. The predicted octanol–water partition coefficient (Wildman–Crippen LogP) is 2.73. The Hall–Kier alpha value is -2.34. The fourth-order valence-corrected chi connectivity index (χ4v) is 3.13. The molecule has 1 aromatic carbocycles. The molecule has 1 amide bonds. The third-order valence-corrected chi connectivity index (χ3v) is 4.59. The van der Waals surface area contributed by atoms with Crippen LogP contribution in [-0.4, -0.2) is 53.4 Å². The van der Waals surface area contributed by atoms with Crippen LogP contribution in [0.3, 0.4) is 0 Å². The maximum absolute atomic E-state index is 13.1. The lowest BCUT2D eigenvalue weighted by atomic mass is 10.1. The van der Waals surface area contributed by atoms with Gasteiger partial charge < -0.3 is 15.0 Å². The van der Waals surface area contributed by atoms with Gasteiger partial charge in [0, 0.05) is 19.1 Å². The van der Waals surface area contributed by atoms with Gasteiger partial charge in [-0.1, -0.05) is 32.0 Å². The molecule has 1 atom stereocenters. The Labute approximate surface area is 155 Å². The van der Waals surface area contributed by atoms with Crippen LogP contribution in [-0.2, 0) is 0 Å². The number of piperidine rings is 1. The molecule has 1 saturated heterocycles. The number of nitrogens with zero attached hydrogens (tertiary/aromatic N) is 3. The van der Waals surface area contributed by atoms with Gasteiger partial charge in [-0.2, -0.15) is 5.10 Å². The van der Waals surface area contributed by atoms with Gasteiger partial charge in [0.25, 0.3) is 5.91 Å². The number of para-hydroxylation sites is 1. The van der Waals surface area contributed by atoms with E-state index in [4.69, 9.17) is 4.74 Å². The van der Waals surface area contributed by atoms with Crippen LogP contribution in [0.25, 0.3) is 5.69 Å². The fraction of sp³-hybridized carbons (Fsp3) is 0.500. The second kappa shape index (κ2) is 8.36. The Morgan fingerprint density at radius 2 is 2.12 bits per heavy atom. The van der Waals surface area contributed by atoms with Gasteiger partial charge in [-0.05, 0) is 37.9 Å². The van der Waals surface area contributed by atoms with Gasteiger partial charge in [-0.3, -0.25) is 4.79 Å². The van der Waals surface area contributed by atoms with E-state index in [-0.39, 0.29) is 5.91 Å². The highest BCUT2D eigenvalue weighted by Crippen LogP contribution is 2.23. The normalized spacial score (nSPS) is 17.5. The van der Waals surface area contributed by atoms with Crippen molar-refractivity contribution < 1.29 is 9.53 Å². The van der Waals surface area contributed by atoms with E-state index >= 15 is 0 Å². The first-order valence-corrected chi connectivity index (χ1v) is 9.33. The van der Waals surface area contributed by atoms with E-state index in [1.165, 1.54) is 0 Å². The average molecular weight is 356 g/mol. The summed E-state index contributed by atoms with van der Waals surface area (Å²) in [5.41, 5.74) is 1.30. The van der Waals surface area contributed by atoms with Crippen LogP contribution in [0.2, 0.25) is 0 Å². The molecule has 1 aliphatic heterocycles. The lowest BCUT2D eigenvalue weighted by Crippen LogP contribution is -2.47. The smallest absolute Gasteiger partial charge is 0.278 e. The van der Waals surface area contributed by atoms with Crippen molar-refractivity contribution in [3.05, 3.63) is 42.2 Å². The number of carbonyl (C=O) groups excluding carboxylic acids is 1. The van der Waals surface area contributed by atoms with Crippen molar-refractivity contribution >= 4 is 5.91 Å². The van der Waals surface area contributed by atoms with Crippen LogP contribution in [0.5, 0.6) is 5.75 Å². The number of rotatable bonds is 6. The van der Waals surface area contributed by atoms with Crippen LogP contribution in [0, 0.1) is 5.92 Å². The molecule has 0 aliphatic carbocycles. The van der Waals surface area contributed by atoms with Crippen LogP contribution in [0.1, 0.15) is 37.2 Å². The molecule has 0 spiro atoms. The average Bonchev–Trinajstić information content (AvgIpc) is 3.10. The lowest BCUT2D eigenvalue weighted by molar-refractivity contribution is 0.0686. The molecule has 1 aromatic heterocycles. The molecule has 0 saturated carbocycles. The van der Waals surface area contributed by atoms with E-state index in [0.717, 1.165) is 25.1 Å². The third kappa shape index (κ3) is 4.25. The zero-order valence-electron chi connectivity index (χ0n) is 15.8. The summed E-state index contributed by atoms with van der Waals surface area (Å²) in [5, 5.41) is 7.84. The minimum Gasteiger partial charge on any atom is -0.489 e. The predicted molar refractivity (Wildman–Crippen MR) is 102 cm³/mol. The molecule has 2 aromatic rings. The van der Waals surface area contributed by atoms with Crippen LogP contribution < -0.4 is 10.1 Å². The number of ether oxygens (including phenoxy) is 1. The SMILES string of the molecule is CNC1CCCN(C(=O)c2nn(-c3ccccc3)cc2OCC(C)C)C1. The number of hydrogen-bond acceptors (Lipinski definition) is 4. The zero-order chi connectivity index (χ0) is 18.5. The quantitative estimate of drug-likeness (QED) is 0.865. The Kier molecular flexibility index (Phi) is 5.93. The maximum atomic E-state index is 13.1. The first kappa shape index (κ1) is 18.5. The van der Waals surface area contributed by atoms with Crippen molar-refractivity contribution in [1.82, 2.24) is 20.0 Å². The summed E-state index contributed by atoms with van der Waals surface area (Å²) >= 11 is 0. The summed E-state index contributed by atoms with van der Waals surface area (Å²) < 4.78 is 7.64. The van der Waals surface area contributed by atoms with E-state index in [0.29, 0.717) is 36.6 Å². The number of likely N-dealkylation sites (N-methyl/N-ethyl adjacent to an activating group) is 1. The summed E-state index contributed by atoms with van der Waals surface area (Å²) in [6.07, 6.45) is 3.90. The molecule has 0 bridgehead atoms. The second-order valence-electron chi connectivity index (χ2n) is 7.21. The van der Waals surface area contributed by atoms with E-state index in [9.17, 15) is 4.79 Å². The van der Waals surface area contributed by atoms with E-state index < -0.39 is 0 Å². The van der Waals surface area contributed by atoms with Gasteiger partial charge in [0.1, 0.15) is 0 Å². The van der Waals surface area contributed by atoms with E-state index in [2.05, 4.69) is 24.3 Å². The Morgan fingerprint density at radius 3 is 2.81 bits per heavy atom. The number of nitrogens with one attached hydrogen (secondary N) is 1. The zero-order valence-corrected chi connectivity index (χ0v) is 15.8. The van der Waals surface area contributed by atoms with Crippen LogP contribution in [0.15, 0.2) is 36.5 Å². The van der Waals surface area contributed by atoms with Gasteiger partial charge in [0.15, 0.2) is 11.4 Å². The van der Waals surface area contributed by atoms with Crippen LogP contribution >= 0.6 is 0 Å². The number of benzene rings is 1. The molecule has 1 N–H and O–H groups in total. The Morgan fingerprint density at radius 1 is 1.35 bits per heavy atom. The molecule has 6 nitrogen and oxygen atoms in total. The summed E-state index contributed by atoms with van der Waals surface area (Å²) in [5.74, 6) is 0.874. The molecule has 6 heteroatoms. The number of amides is 1. The van der Waals surface area contributed by atoms with Gasteiger partial charge in [-0.25, -0.2) is 4.68 Å². The van der Waals surface area contributed by atoms with Crippen molar-refractivity contribution in [2.24, 2.45) is 5.92 Å². The third-order valence-electron chi connectivity index (χ3n) is 4.59. The monoisotopic (exact) mass is 356 g/mol. The summed E-state index contributed by atoms with van der Waals surface area (Å²) in [6, 6.07) is 10.1. The molecule has 1 aliphatic rings. The van der Waals surface area contributed by atoms with Crippen molar-refractivity contribution in [3.8, 4) is 11.4 Å². The standard InChI is InChI=1S/C20H28N4O2/c1-15(2)14-26-18-13-24(17-9-5-4-6-10-17)22-19(18)20(25)23-11-7-8-16(12-23)21-3/h4-6,9-10,13,15-16,21H,7-8,11-12,14H2,1-3H3. The molecule has 0 radical (unpaired) electrons. The van der Waals surface area contributed by atoms with Gasteiger partial charge in [0.2, 0.25) is 0 Å². The molecule has 2 heterocycles. The number of carbonyl (C=O) groups is 1. The topological polar surface area (TPSA) is 59.4 Å². The van der Waals surface area contributed by atoms with E-state index in [1.807, 2.05) is 48.5 Å². The highest BCUT2D eigenvalue weighted by Gasteiger charge is 2.28. The fourth-order valence-electron chi connectivity index (χ4n) is 3.13.